The van der Waals surface area contributed by atoms with Crippen LogP contribution in [0.3, 0.4) is 0 Å². The molecule has 2 atom stereocenters. The lowest BCUT2D eigenvalue weighted by atomic mass is 9.91. The van der Waals surface area contributed by atoms with Gasteiger partial charge >= 0.3 is 11.9 Å². The van der Waals surface area contributed by atoms with Gasteiger partial charge in [-0.15, -0.1) is 0 Å². The van der Waals surface area contributed by atoms with E-state index in [9.17, 15) is 9.59 Å². The summed E-state index contributed by atoms with van der Waals surface area (Å²) >= 11 is 0. The van der Waals surface area contributed by atoms with Gasteiger partial charge in [0.25, 0.3) is 0 Å². The molecule has 0 aromatic rings. The van der Waals surface area contributed by atoms with Crippen LogP contribution in [-0.2, 0) is 19.1 Å². The molecule has 1 aliphatic heterocycles. The van der Waals surface area contributed by atoms with E-state index < -0.39 is 11.7 Å². The normalized spacial score (nSPS) is 23.4. The highest BCUT2D eigenvalue weighted by Gasteiger charge is 2.52. The Labute approximate surface area is 139 Å². The third-order valence-corrected chi connectivity index (χ3v) is 4.48. The molecule has 0 radical (unpaired) electrons. The fourth-order valence-electron chi connectivity index (χ4n) is 3.43. The third kappa shape index (κ3) is 4.91. The number of nitrogens with zero attached hydrogens (tertiary/aromatic N) is 1. The molecular weight excluding hydrogens is 298 g/mol. The highest BCUT2D eigenvalue weighted by Crippen LogP contribution is 2.37. The molecule has 0 saturated carbocycles. The average Bonchev–Trinajstić information content (AvgIpc) is 2.89. The van der Waals surface area contributed by atoms with Crippen LogP contribution in [0.25, 0.3) is 0 Å². The minimum absolute atomic E-state index is 0.0863. The van der Waals surface area contributed by atoms with E-state index in [1.807, 2.05) is 6.92 Å². The van der Waals surface area contributed by atoms with Gasteiger partial charge in [0.05, 0.1) is 6.61 Å². The Balaban J connectivity index is 2.63. The maximum Gasteiger partial charge on any atom is 0.306 e. The van der Waals surface area contributed by atoms with Gasteiger partial charge < -0.3 is 14.6 Å². The molecule has 2 unspecified atom stereocenters. The number of hydrogen-bond acceptors (Lipinski definition) is 5. The van der Waals surface area contributed by atoms with Crippen LogP contribution < -0.4 is 0 Å². The Kier molecular flexibility index (Phi) is 7.48. The van der Waals surface area contributed by atoms with Crippen LogP contribution in [0, 0.1) is 5.92 Å². The number of unbranched alkanes of at least 4 members (excludes halogenated alkanes) is 1. The van der Waals surface area contributed by atoms with Crippen LogP contribution >= 0.6 is 0 Å². The molecule has 6 nitrogen and oxygen atoms in total. The van der Waals surface area contributed by atoms with Gasteiger partial charge in [-0.3, -0.25) is 14.5 Å². The predicted molar refractivity (Wildman–Crippen MR) is 87.0 cm³/mol. The molecule has 1 aliphatic rings. The van der Waals surface area contributed by atoms with Crippen molar-refractivity contribution in [1.82, 2.24) is 4.90 Å². The number of carboxylic acid groups (broad SMARTS) is 1. The molecule has 0 bridgehead atoms. The summed E-state index contributed by atoms with van der Waals surface area (Å²) in [6.07, 6.45) is 0.972. The number of rotatable bonds is 9. The summed E-state index contributed by atoms with van der Waals surface area (Å²) in [5, 5.41) is 8.61. The summed E-state index contributed by atoms with van der Waals surface area (Å²) in [4.78, 5) is 24.8. The van der Waals surface area contributed by atoms with Crippen molar-refractivity contribution < 1.29 is 24.2 Å². The van der Waals surface area contributed by atoms with Crippen molar-refractivity contribution in [3.05, 3.63) is 0 Å². The third-order valence-electron chi connectivity index (χ3n) is 4.48. The zero-order chi connectivity index (χ0) is 17.6. The fourth-order valence-corrected chi connectivity index (χ4v) is 3.43. The summed E-state index contributed by atoms with van der Waals surface area (Å²) in [7, 11) is 0. The van der Waals surface area contributed by atoms with Gasteiger partial charge in [-0.1, -0.05) is 13.8 Å². The van der Waals surface area contributed by atoms with Crippen molar-refractivity contribution >= 4 is 11.9 Å². The van der Waals surface area contributed by atoms with Crippen LogP contribution in [0.4, 0.5) is 0 Å². The van der Waals surface area contributed by atoms with E-state index in [2.05, 4.69) is 32.6 Å². The van der Waals surface area contributed by atoms with Crippen LogP contribution in [0.15, 0.2) is 0 Å². The first-order chi connectivity index (χ1) is 10.7. The molecule has 1 heterocycles. The van der Waals surface area contributed by atoms with Crippen LogP contribution in [0.1, 0.15) is 60.3 Å². The molecule has 23 heavy (non-hydrogen) atoms. The monoisotopic (exact) mass is 329 g/mol. The number of carbonyl (C=O) groups is 2. The number of hydrogen-bond donors (Lipinski definition) is 1. The number of aliphatic carboxylic acids is 1. The first-order valence-corrected chi connectivity index (χ1v) is 8.53. The second kappa shape index (κ2) is 8.64. The van der Waals surface area contributed by atoms with Gasteiger partial charge in [0.1, 0.15) is 6.10 Å². The van der Waals surface area contributed by atoms with Gasteiger partial charge in [-0.2, -0.15) is 0 Å². The van der Waals surface area contributed by atoms with E-state index >= 15 is 0 Å². The summed E-state index contributed by atoms with van der Waals surface area (Å²) in [5.74, 6) is -0.943. The number of ether oxygens (including phenoxy) is 2. The van der Waals surface area contributed by atoms with Gasteiger partial charge in [0, 0.05) is 25.4 Å². The summed E-state index contributed by atoms with van der Waals surface area (Å²) in [6, 6.07) is 0.302. The van der Waals surface area contributed by atoms with E-state index in [1.54, 1.807) is 0 Å². The molecule has 1 N–H and O–H groups in total. The highest BCUT2D eigenvalue weighted by atomic mass is 16.6. The summed E-state index contributed by atoms with van der Waals surface area (Å²) in [5.41, 5.74) is -0.592. The van der Waals surface area contributed by atoms with Crippen LogP contribution in [-0.4, -0.2) is 53.0 Å². The van der Waals surface area contributed by atoms with Gasteiger partial charge in [0.2, 0.25) is 0 Å². The van der Waals surface area contributed by atoms with E-state index in [4.69, 9.17) is 14.6 Å². The molecule has 0 aromatic carbocycles. The van der Waals surface area contributed by atoms with Gasteiger partial charge in [-0.05, 0) is 39.5 Å². The quantitative estimate of drug-likeness (QED) is 0.518. The zero-order valence-corrected chi connectivity index (χ0v) is 15.0. The minimum Gasteiger partial charge on any atom is -0.481 e. The largest absolute Gasteiger partial charge is 0.481 e. The topological polar surface area (TPSA) is 76.1 Å². The Morgan fingerprint density at radius 3 is 2.30 bits per heavy atom. The molecule has 134 valence electrons. The average molecular weight is 329 g/mol. The Hall–Kier alpha value is -1.14. The van der Waals surface area contributed by atoms with Crippen molar-refractivity contribution in [3.8, 4) is 0 Å². The van der Waals surface area contributed by atoms with Crippen molar-refractivity contribution in [1.29, 1.82) is 0 Å². The number of esters is 1. The van der Waals surface area contributed by atoms with E-state index in [1.165, 1.54) is 0 Å². The summed E-state index contributed by atoms with van der Waals surface area (Å²) in [6.45, 7) is 11.7. The molecular formula is C17H31NO5. The second-order valence-electron chi connectivity index (χ2n) is 6.78. The maximum absolute atomic E-state index is 12.1. The number of carbonyl (C=O) groups excluding carboxylic acids is 1. The standard InChI is InChI=1S/C17H31NO5/c1-12(2)17(18(13(3)4)10-11-22-17)14(5)23-16(21)9-7-6-8-15(19)20/h12-14H,6-11H2,1-5H3,(H,19,20). The van der Waals surface area contributed by atoms with Crippen molar-refractivity contribution in [2.24, 2.45) is 5.92 Å². The smallest absolute Gasteiger partial charge is 0.306 e. The Morgan fingerprint density at radius 1 is 1.17 bits per heavy atom. The van der Waals surface area contributed by atoms with E-state index in [-0.39, 0.29) is 30.8 Å². The van der Waals surface area contributed by atoms with Crippen molar-refractivity contribution in [2.75, 3.05) is 13.2 Å². The SMILES string of the molecule is CC(C)N1CCOC1(C(C)C)C(C)OC(=O)CCCCC(=O)O. The predicted octanol–water partition coefficient (Wildman–Crippen LogP) is 2.66. The molecule has 0 aliphatic carbocycles. The molecule has 0 aromatic heterocycles. The lowest BCUT2D eigenvalue weighted by molar-refractivity contribution is -0.208. The number of carboxylic acids is 1. The second-order valence-corrected chi connectivity index (χ2v) is 6.78. The summed E-state index contributed by atoms with van der Waals surface area (Å²) < 4.78 is 11.7. The van der Waals surface area contributed by atoms with Crippen molar-refractivity contribution in [2.45, 2.75) is 78.2 Å². The minimum atomic E-state index is -0.836. The lowest BCUT2D eigenvalue weighted by Crippen LogP contribution is -2.60. The van der Waals surface area contributed by atoms with Gasteiger partial charge in [-0.25, -0.2) is 0 Å². The van der Waals surface area contributed by atoms with Crippen LogP contribution in [0.5, 0.6) is 0 Å². The first-order valence-electron chi connectivity index (χ1n) is 8.53. The Bertz CT molecular complexity index is 410. The lowest BCUT2D eigenvalue weighted by Gasteiger charge is -2.45. The molecule has 6 heteroatoms. The first kappa shape index (κ1) is 19.9. The molecule has 1 saturated heterocycles. The maximum atomic E-state index is 12.1. The molecule has 1 fully saturated rings. The zero-order valence-electron chi connectivity index (χ0n) is 15.0. The van der Waals surface area contributed by atoms with Crippen LogP contribution in [0.2, 0.25) is 0 Å². The molecule has 0 amide bonds. The fraction of sp³-hybridized carbons (Fsp3) is 0.882. The van der Waals surface area contributed by atoms with Crippen molar-refractivity contribution in [3.63, 3.8) is 0 Å². The van der Waals surface area contributed by atoms with E-state index in [0.29, 0.717) is 25.5 Å². The molecule has 1 rings (SSSR count). The van der Waals surface area contributed by atoms with E-state index in [0.717, 1.165) is 6.54 Å². The molecule has 0 spiro atoms. The van der Waals surface area contributed by atoms with Gasteiger partial charge in [0.15, 0.2) is 5.72 Å². The highest BCUT2D eigenvalue weighted by molar-refractivity contribution is 5.70. The Morgan fingerprint density at radius 2 is 1.78 bits per heavy atom.